The monoisotopic (exact) mass is 249 g/mol. The van der Waals surface area contributed by atoms with Crippen LogP contribution in [-0.4, -0.2) is 10.3 Å². The summed E-state index contributed by atoms with van der Waals surface area (Å²) >= 11 is 0. The fraction of sp³-hybridized carbons (Fsp3) is 0.357. The lowest BCUT2D eigenvalue weighted by atomic mass is 9.82. The molecule has 0 saturated heterocycles. The van der Waals surface area contributed by atoms with Crippen molar-refractivity contribution in [1.29, 1.82) is 0 Å². The van der Waals surface area contributed by atoms with E-state index in [0.717, 1.165) is 5.56 Å². The zero-order chi connectivity index (χ0) is 13.5. The zero-order valence-electron chi connectivity index (χ0n) is 10.9. The summed E-state index contributed by atoms with van der Waals surface area (Å²) in [5.41, 5.74) is 1.02. The maximum absolute atomic E-state index is 14.6. The number of aryl methyl sites for hydroxylation is 1. The highest BCUT2D eigenvalue weighted by Crippen LogP contribution is 2.39. The van der Waals surface area contributed by atoms with E-state index >= 15 is 0 Å². The Balaban J connectivity index is 2.76. The molecule has 0 radical (unpaired) electrons. The molecular weight excluding hydrogens is 233 g/mol. The number of halogens is 1. The summed E-state index contributed by atoms with van der Waals surface area (Å²) in [6.45, 7) is 7.58. The summed E-state index contributed by atoms with van der Waals surface area (Å²) in [7, 11) is 0. The van der Waals surface area contributed by atoms with Crippen molar-refractivity contribution in [3.8, 4) is 17.1 Å². The molecule has 1 N–H and O–H groups in total. The van der Waals surface area contributed by atoms with Gasteiger partial charge in [0.05, 0.1) is 11.8 Å². The van der Waals surface area contributed by atoms with E-state index in [1.807, 2.05) is 20.8 Å². The molecule has 0 saturated carbocycles. The van der Waals surface area contributed by atoms with Gasteiger partial charge in [-0.05, 0) is 29.5 Å². The van der Waals surface area contributed by atoms with Crippen molar-refractivity contribution >= 4 is 0 Å². The standard InChI is InChI=1S/C14H16FNO2/c1-8-7-9(17)11(10-5-6-16-18-10)13(15)12(8)14(2,3)4/h5-7,17H,1-4H3. The molecule has 0 fully saturated rings. The van der Waals surface area contributed by atoms with Gasteiger partial charge in [0, 0.05) is 6.07 Å². The van der Waals surface area contributed by atoms with Gasteiger partial charge in [-0.3, -0.25) is 0 Å². The molecule has 0 amide bonds. The van der Waals surface area contributed by atoms with Gasteiger partial charge in [0.25, 0.3) is 0 Å². The smallest absolute Gasteiger partial charge is 0.173 e. The van der Waals surface area contributed by atoms with Crippen LogP contribution in [0.1, 0.15) is 31.9 Å². The Kier molecular flexibility index (Phi) is 2.89. The summed E-state index contributed by atoms with van der Waals surface area (Å²) in [5, 5.41) is 13.4. The number of benzene rings is 1. The Bertz CT molecular complexity index is 568. The number of hydrogen-bond donors (Lipinski definition) is 1. The summed E-state index contributed by atoms with van der Waals surface area (Å²) < 4.78 is 19.5. The summed E-state index contributed by atoms with van der Waals surface area (Å²) in [5.74, 6) is -0.345. The Morgan fingerprint density at radius 3 is 2.50 bits per heavy atom. The molecule has 2 rings (SSSR count). The number of phenolic OH excluding ortho intramolecular Hbond substituents is 1. The Hall–Kier alpha value is -1.84. The topological polar surface area (TPSA) is 46.3 Å². The van der Waals surface area contributed by atoms with E-state index in [1.54, 1.807) is 13.0 Å². The second-order valence-corrected chi connectivity index (χ2v) is 5.40. The fourth-order valence-electron chi connectivity index (χ4n) is 2.26. The third-order valence-corrected chi connectivity index (χ3v) is 2.88. The van der Waals surface area contributed by atoms with Crippen LogP contribution in [0.3, 0.4) is 0 Å². The van der Waals surface area contributed by atoms with Crippen LogP contribution in [-0.2, 0) is 5.41 Å². The van der Waals surface area contributed by atoms with Gasteiger partial charge >= 0.3 is 0 Å². The Morgan fingerprint density at radius 2 is 2.00 bits per heavy atom. The normalized spacial score (nSPS) is 11.8. The lowest BCUT2D eigenvalue weighted by Crippen LogP contribution is -2.16. The Labute approximate surface area is 105 Å². The second kappa shape index (κ2) is 4.12. The molecule has 1 aromatic heterocycles. The summed E-state index contributed by atoms with van der Waals surface area (Å²) in [6, 6.07) is 3.08. The molecule has 2 aromatic rings. The molecule has 0 bridgehead atoms. The average Bonchev–Trinajstić information content (AvgIpc) is 2.67. The SMILES string of the molecule is Cc1cc(O)c(-c2ccno2)c(F)c1C(C)(C)C. The van der Waals surface area contributed by atoms with Crippen LogP contribution in [0, 0.1) is 12.7 Å². The minimum Gasteiger partial charge on any atom is -0.507 e. The minimum absolute atomic E-state index is 0.0722. The van der Waals surface area contributed by atoms with Crippen LogP contribution in [0.15, 0.2) is 22.9 Å². The molecule has 4 heteroatoms. The first-order valence-electron chi connectivity index (χ1n) is 5.76. The van der Waals surface area contributed by atoms with E-state index in [-0.39, 0.29) is 22.5 Å². The summed E-state index contributed by atoms with van der Waals surface area (Å²) in [6.07, 6.45) is 1.42. The average molecular weight is 249 g/mol. The van der Waals surface area contributed by atoms with Gasteiger partial charge in [0.1, 0.15) is 11.6 Å². The Morgan fingerprint density at radius 1 is 1.33 bits per heavy atom. The van der Waals surface area contributed by atoms with Crippen molar-refractivity contribution in [2.75, 3.05) is 0 Å². The van der Waals surface area contributed by atoms with Crippen molar-refractivity contribution in [1.82, 2.24) is 5.16 Å². The van der Waals surface area contributed by atoms with Crippen LogP contribution in [0.25, 0.3) is 11.3 Å². The molecule has 0 atom stereocenters. The van der Waals surface area contributed by atoms with E-state index < -0.39 is 5.82 Å². The maximum Gasteiger partial charge on any atom is 0.173 e. The van der Waals surface area contributed by atoms with E-state index in [2.05, 4.69) is 5.16 Å². The van der Waals surface area contributed by atoms with Crippen LogP contribution < -0.4 is 0 Å². The predicted molar refractivity (Wildman–Crippen MR) is 67.0 cm³/mol. The molecule has 1 heterocycles. The fourth-order valence-corrected chi connectivity index (χ4v) is 2.26. The summed E-state index contributed by atoms with van der Waals surface area (Å²) in [4.78, 5) is 0. The number of phenols is 1. The molecule has 0 aliphatic rings. The van der Waals surface area contributed by atoms with Gasteiger partial charge in [-0.25, -0.2) is 4.39 Å². The molecule has 0 aliphatic carbocycles. The number of nitrogens with zero attached hydrogens (tertiary/aromatic N) is 1. The van der Waals surface area contributed by atoms with Crippen LogP contribution in [0.4, 0.5) is 4.39 Å². The number of aromatic nitrogens is 1. The molecule has 18 heavy (non-hydrogen) atoms. The molecule has 0 unspecified atom stereocenters. The lowest BCUT2D eigenvalue weighted by Gasteiger charge is -2.23. The van der Waals surface area contributed by atoms with Gasteiger partial charge in [-0.1, -0.05) is 25.9 Å². The molecular formula is C14H16FNO2. The van der Waals surface area contributed by atoms with Gasteiger partial charge < -0.3 is 9.63 Å². The molecule has 0 spiro atoms. The van der Waals surface area contributed by atoms with Crippen LogP contribution in [0.5, 0.6) is 5.75 Å². The van der Waals surface area contributed by atoms with Crippen molar-refractivity contribution in [3.05, 3.63) is 35.3 Å². The van der Waals surface area contributed by atoms with Gasteiger partial charge in [0.2, 0.25) is 0 Å². The maximum atomic E-state index is 14.6. The van der Waals surface area contributed by atoms with Gasteiger partial charge in [-0.15, -0.1) is 0 Å². The highest BCUT2D eigenvalue weighted by molar-refractivity contribution is 5.68. The van der Waals surface area contributed by atoms with E-state index in [9.17, 15) is 9.50 Å². The third-order valence-electron chi connectivity index (χ3n) is 2.88. The van der Waals surface area contributed by atoms with Crippen molar-refractivity contribution in [2.24, 2.45) is 0 Å². The van der Waals surface area contributed by atoms with Crippen molar-refractivity contribution in [3.63, 3.8) is 0 Å². The van der Waals surface area contributed by atoms with E-state index in [1.165, 1.54) is 12.3 Å². The molecule has 96 valence electrons. The second-order valence-electron chi connectivity index (χ2n) is 5.40. The van der Waals surface area contributed by atoms with E-state index in [0.29, 0.717) is 5.56 Å². The number of rotatable bonds is 1. The first kappa shape index (κ1) is 12.6. The zero-order valence-corrected chi connectivity index (χ0v) is 10.9. The molecule has 1 aromatic carbocycles. The molecule has 3 nitrogen and oxygen atoms in total. The highest BCUT2D eigenvalue weighted by atomic mass is 19.1. The third kappa shape index (κ3) is 1.98. The quantitative estimate of drug-likeness (QED) is 0.836. The lowest BCUT2D eigenvalue weighted by molar-refractivity contribution is 0.419. The largest absolute Gasteiger partial charge is 0.507 e. The highest BCUT2D eigenvalue weighted by Gasteiger charge is 2.27. The number of aromatic hydroxyl groups is 1. The van der Waals surface area contributed by atoms with Crippen molar-refractivity contribution < 1.29 is 14.0 Å². The first-order valence-corrected chi connectivity index (χ1v) is 5.76. The van der Waals surface area contributed by atoms with Gasteiger partial charge in [0.15, 0.2) is 5.76 Å². The first-order chi connectivity index (χ1) is 8.32. The molecule has 0 aliphatic heterocycles. The van der Waals surface area contributed by atoms with Crippen LogP contribution in [0.2, 0.25) is 0 Å². The number of hydrogen-bond acceptors (Lipinski definition) is 3. The van der Waals surface area contributed by atoms with E-state index in [4.69, 9.17) is 4.52 Å². The van der Waals surface area contributed by atoms with Crippen LogP contribution >= 0.6 is 0 Å². The predicted octanol–water partition coefficient (Wildman–Crippen LogP) is 3.79. The van der Waals surface area contributed by atoms with Gasteiger partial charge in [-0.2, -0.15) is 0 Å². The minimum atomic E-state index is -0.447. The van der Waals surface area contributed by atoms with Crippen molar-refractivity contribution in [2.45, 2.75) is 33.1 Å².